The lowest BCUT2D eigenvalue weighted by Crippen LogP contribution is -2.44. The predicted molar refractivity (Wildman–Crippen MR) is 66.3 cm³/mol. The normalized spacial score (nSPS) is 16.8. The number of nitrogens with one attached hydrogen (secondary N) is 2. The number of rotatable bonds is 4. The zero-order valence-electron chi connectivity index (χ0n) is 9.84. The Morgan fingerprint density at radius 3 is 2.53 bits per heavy atom. The van der Waals surface area contributed by atoms with Crippen LogP contribution < -0.4 is 5.32 Å². The molecule has 1 aromatic carbocycles. The molecule has 0 spiro atoms. The van der Waals surface area contributed by atoms with E-state index in [0.29, 0.717) is 23.8 Å². The van der Waals surface area contributed by atoms with Gasteiger partial charge in [-0.3, -0.25) is 5.41 Å². The van der Waals surface area contributed by atoms with Crippen molar-refractivity contribution in [3.8, 4) is 0 Å². The van der Waals surface area contributed by atoms with E-state index in [9.17, 15) is 0 Å². The summed E-state index contributed by atoms with van der Waals surface area (Å²) in [5.74, 6) is -0.849. The average molecular weight is 255 g/mol. The molecule has 1 aromatic rings. The van der Waals surface area contributed by atoms with Gasteiger partial charge >= 0.3 is 0 Å². The van der Waals surface area contributed by atoms with Gasteiger partial charge in [0.1, 0.15) is 5.84 Å². The number of fused-ring (bicyclic) bond motifs is 1. The molecule has 17 heavy (non-hydrogen) atoms. The van der Waals surface area contributed by atoms with Crippen LogP contribution >= 0.6 is 11.6 Å². The molecule has 0 atom stereocenters. The van der Waals surface area contributed by atoms with E-state index in [1.54, 1.807) is 6.07 Å². The zero-order chi connectivity index (χ0) is 12.5. The van der Waals surface area contributed by atoms with Crippen LogP contribution in [0.15, 0.2) is 18.2 Å². The van der Waals surface area contributed by atoms with Crippen LogP contribution in [0.2, 0.25) is 5.02 Å². The van der Waals surface area contributed by atoms with E-state index in [0.717, 1.165) is 5.56 Å². The van der Waals surface area contributed by atoms with E-state index >= 15 is 0 Å². The highest BCUT2D eigenvalue weighted by Gasteiger charge is 2.45. The topological polar surface area (TPSA) is 54.3 Å². The maximum atomic E-state index is 7.91. The molecule has 0 radical (unpaired) electrons. The van der Waals surface area contributed by atoms with Gasteiger partial charge in [-0.1, -0.05) is 23.7 Å². The fourth-order valence-electron chi connectivity index (χ4n) is 2.03. The lowest BCUT2D eigenvalue weighted by Gasteiger charge is -2.30. The molecule has 92 valence electrons. The third kappa shape index (κ3) is 1.92. The Bertz CT molecular complexity index is 442. The third-order valence-electron chi connectivity index (χ3n) is 2.60. The van der Waals surface area contributed by atoms with Crippen LogP contribution in [0.3, 0.4) is 0 Å². The van der Waals surface area contributed by atoms with Crippen molar-refractivity contribution < 1.29 is 9.47 Å². The molecule has 0 saturated carbocycles. The minimum atomic E-state index is -1.12. The summed E-state index contributed by atoms with van der Waals surface area (Å²) in [6, 6.07) is 5.41. The van der Waals surface area contributed by atoms with Gasteiger partial charge < -0.3 is 14.8 Å². The number of amidine groups is 1. The summed E-state index contributed by atoms with van der Waals surface area (Å²) >= 11 is 6.19. The van der Waals surface area contributed by atoms with Gasteiger partial charge in [0.05, 0.1) is 10.6 Å². The van der Waals surface area contributed by atoms with Crippen LogP contribution in [0.4, 0.5) is 0 Å². The van der Waals surface area contributed by atoms with Gasteiger partial charge in [-0.25, -0.2) is 0 Å². The van der Waals surface area contributed by atoms with Crippen molar-refractivity contribution in [2.45, 2.75) is 19.8 Å². The fourth-order valence-corrected chi connectivity index (χ4v) is 2.33. The van der Waals surface area contributed by atoms with Crippen LogP contribution in [0.1, 0.15) is 25.0 Å². The molecule has 0 bridgehead atoms. The first-order valence-corrected chi connectivity index (χ1v) is 5.96. The van der Waals surface area contributed by atoms with Crippen molar-refractivity contribution in [1.82, 2.24) is 5.32 Å². The van der Waals surface area contributed by atoms with E-state index in [-0.39, 0.29) is 5.84 Å². The quantitative estimate of drug-likeness (QED) is 0.812. The Hall–Kier alpha value is -1.10. The van der Waals surface area contributed by atoms with Gasteiger partial charge in [0.15, 0.2) is 0 Å². The molecule has 1 aliphatic rings. The second-order valence-electron chi connectivity index (χ2n) is 3.65. The first-order valence-electron chi connectivity index (χ1n) is 5.58. The van der Waals surface area contributed by atoms with Crippen LogP contribution in [-0.2, 0) is 15.4 Å². The molecule has 1 heterocycles. The zero-order valence-corrected chi connectivity index (χ0v) is 10.6. The molecule has 0 amide bonds. The first kappa shape index (κ1) is 12.4. The Morgan fingerprint density at radius 2 is 1.94 bits per heavy atom. The lowest BCUT2D eigenvalue weighted by atomic mass is 10.1. The Balaban J connectivity index is 2.55. The monoisotopic (exact) mass is 254 g/mol. The van der Waals surface area contributed by atoms with Crippen molar-refractivity contribution in [1.29, 1.82) is 5.41 Å². The van der Waals surface area contributed by atoms with E-state index in [1.807, 2.05) is 26.0 Å². The minimum absolute atomic E-state index is 0.268. The number of benzene rings is 1. The van der Waals surface area contributed by atoms with Crippen molar-refractivity contribution in [3.63, 3.8) is 0 Å². The molecule has 0 unspecified atom stereocenters. The number of hydrogen-bond acceptors (Lipinski definition) is 3. The largest absolute Gasteiger partial charge is 0.329 e. The molecule has 0 aliphatic carbocycles. The van der Waals surface area contributed by atoms with Gasteiger partial charge in [0.2, 0.25) is 0 Å². The first-order chi connectivity index (χ1) is 8.14. The van der Waals surface area contributed by atoms with Crippen LogP contribution in [0.25, 0.3) is 0 Å². The molecule has 0 aromatic heterocycles. The molecule has 0 saturated heterocycles. The SMILES string of the molecule is CCOC1(OCC)NC(=N)c2cccc(Cl)c21. The third-order valence-corrected chi connectivity index (χ3v) is 2.91. The van der Waals surface area contributed by atoms with Gasteiger partial charge in [0.25, 0.3) is 5.91 Å². The standard InChI is InChI=1S/C12H15ClN2O2/c1-3-16-12(17-4-2)10-8(11(14)15-12)6-5-7-9(10)13/h5-7H,3-4H2,1-2H3,(H2,14,15). The van der Waals surface area contributed by atoms with Gasteiger partial charge in [-0.05, 0) is 19.9 Å². The summed E-state index contributed by atoms with van der Waals surface area (Å²) in [5.41, 5.74) is 1.41. The summed E-state index contributed by atoms with van der Waals surface area (Å²) in [7, 11) is 0. The second-order valence-corrected chi connectivity index (χ2v) is 4.05. The number of halogens is 1. The molecule has 4 nitrogen and oxygen atoms in total. The van der Waals surface area contributed by atoms with Crippen molar-refractivity contribution in [3.05, 3.63) is 34.3 Å². The summed E-state index contributed by atoms with van der Waals surface area (Å²) in [5, 5.41) is 11.4. The Morgan fingerprint density at radius 1 is 1.29 bits per heavy atom. The summed E-state index contributed by atoms with van der Waals surface area (Å²) in [6.07, 6.45) is 0. The smallest absolute Gasteiger partial charge is 0.281 e. The van der Waals surface area contributed by atoms with Crippen LogP contribution in [-0.4, -0.2) is 19.0 Å². The Kier molecular flexibility index (Phi) is 3.38. The molecule has 1 aliphatic heterocycles. The van der Waals surface area contributed by atoms with Crippen molar-refractivity contribution in [2.75, 3.05) is 13.2 Å². The highest BCUT2D eigenvalue weighted by atomic mass is 35.5. The number of ether oxygens (including phenoxy) is 2. The maximum absolute atomic E-state index is 7.91. The van der Waals surface area contributed by atoms with Gasteiger partial charge in [-0.15, -0.1) is 0 Å². The van der Waals surface area contributed by atoms with Gasteiger partial charge in [0, 0.05) is 18.8 Å². The number of hydrogen-bond donors (Lipinski definition) is 2. The molecule has 5 heteroatoms. The summed E-state index contributed by atoms with van der Waals surface area (Å²) in [4.78, 5) is 0. The van der Waals surface area contributed by atoms with Crippen LogP contribution in [0, 0.1) is 5.41 Å². The Labute approximate surface area is 105 Å². The van der Waals surface area contributed by atoms with Crippen molar-refractivity contribution in [2.24, 2.45) is 0 Å². The van der Waals surface area contributed by atoms with E-state index < -0.39 is 5.91 Å². The molecule has 2 rings (SSSR count). The van der Waals surface area contributed by atoms with E-state index in [4.69, 9.17) is 26.5 Å². The lowest BCUT2D eigenvalue weighted by molar-refractivity contribution is -0.249. The fraction of sp³-hybridized carbons (Fsp3) is 0.417. The predicted octanol–water partition coefficient (Wildman–Crippen LogP) is 2.45. The van der Waals surface area contributed by atoms with E-state index in [2.05, 4.69) is 5.32 Å². The highest BCUT2D eigenvalue weighted by molar-refractivity contribution is 6.32. The minimum Gasteiger partial charge on any atom is -0.329 e. The second kappa shape index (κ2) is 4.64. The maximum Gasteiger partial charge on any atom is 0.281 e. The van der Waals surface area contributed by atoms with Gasteiger partial charge in [-0.2, -0.15) is 0 Å². The molecular weight excluding hydrogens is 240 g/mol. The molecule has 0 fully saturated rings. The summed E-state index contributed by atoms with van der Waals surface area (Å²) in [6.45, 7) is 4.68. The van der Waals surface area contributed by atoms with E-state index in [1.165, 1.54) is 0 Å². The molecular formula is C12H15ClN2O2. The molecule has 2 N–H and O–H groups in total. The average Bonchev–Trinajstić information content (AvgIpc) is 2.55. The van der Waals surface area contributed by atoms with Crippen LogP contribution in [0.5, 0.6) is 0 Å². The highest BCUT2D eigenvalue weighted by Crippen LogP contribution is 2.38. The van der Waals surface area contributed by atoms with Crippen molar-refractivity contribution >= 4 is 17.4 Å². The summed E-state index contributed by atoms with van der Waals surface area (Å²) < 4.78 is 11.3.